The van der Waals surface area contributed by atoms with Gasteiger partial charge in [-0.1, -0.05) is 19.1 Å². The van der Waals surface area contributed by atoms with Crippen LogP contribution in [0, 0.1) is 5.82 Å². The highest BCUT2D eigenvalue weighted by atomic mass is 19.1. The van der Waals surface area contributed by atoms with E-state index in [1.807, 2.05) is 12.1 Å². The molecule has 1 aliphatic rings. The first-order valence-electron chi connectivity index (χ1n) is 6.98. The molecule has 1 N–H and O–H groups in total. The minimum atomic E-state index is -0.151. The molecule has 1 fully saturated rings. The third-order valence-electron chi connectivity index (χ3n) is 3.69. The van der Waals surface area contributed by atoms with E-state index >= 15 is 0 Å². The number of benzene rings is 1. The van der Waals surface area contributed by atoms with Crippen molar-refractivity contribution in [3.8, 4) is 0 Å². The zero-order valence-electron chi connectivity index (χ0n) is 11.2. The van der Waals surface area contributed by atoms with Gasteiger partial charge in [0.2, 0.25) is 0 Å². The quantitative estimate of drug-likeness (QED) is 0.887. The van der Waals surface area contributed by atoms with Gasteiger partial charge >= 0.3 is 0 Å². The van der Waals surface area contributed by atoms with E-state index in [9.17, 15) is 4.39 Å². The molecule has 1 heterocycles. The van der Waals surface area contributed by atoms with Crippen LogP contribution in [-0.2, 0) is 6.54 Å². The van der Waals surface area contributed by atoms with Gasteiger partial charge in [0.25, 0.3) is 0 Å². The van der Waals surface area contributed by atoms with E-state index in [0.29, 0.717) is 6.04 Å². The average molecular weight is 250 g/mol. The molecule has 18 heavy (non-hydrogen) atoms. The summed E-state index contributed by atoms with van der Waals surface area (Å²) in [5.74, 6) is -0.151. The van der Waals surface area contributed by atoms with Crippen LogP contribution < -0.4 is 5.32 Å². The molecule has 2 rings (SSSR count). The summed E-state index contributed by atoms with van der Waals surface area (Å²) in [5.41, 5.74) is 1.21. The number of nitrogens with one attached hydrogen (secondary N) is 1. The van der Waals surface area contributed by atoms with E-state index in [1.165, 1.54) is 24.8 Å². The van der Waals surface area contributed by atoms with Gasteiger partial charge in [-0.15, -0.1) is 0 Å². The zero-order valence-corrected chi connectivity index (χ0v) is 11.2. The Hall–Kier alpha value is -0.930. The molecular formula is C15H23FN2. The van der Waals surface area contributed by atoms with Crippen molar-refractivity contribution >= 4 is 0 Å². The summed E-state index contributed by atoms with van der Waals surface area (Å²) in [6, 6.07) is 7.54. The van der Waals surface area contributed by atoms with Crippen molar-refractivity contribution in [1.29, 1.82) is 0 Å². The smallest absolute Gasteiger partial charge is 0.123 e. The second kappa shape index (κ2) is 6.86. The number of hydrogen-bond donors (Lipinski definition) is 1. The Labute approximate surface area is 109 Å². The summed E-state index contributed by atoms with van der Waals surface area (Å²) < 4.78 is 12.9. The highest BCUT2D eigenvalue weighted by Crippen LogP contribution is 2.10. The van der Waals surface area contributed by atoms with Crippen molar-refractivity contribution < 1.29 is 4.39 Å². The van der Waals surface area contributed by atoms with Crippen LogP contribution in [0.2, 0.25) is 0 Å². The fraction of sp³-hybridized carbons (Fsp3) is 0.600. The number of halogens is 1. The summed E-state index contributed by atoms with van der Waals surface area (Å²) in [4.78, 5) is 2.48. The lowest BCUT2D eigenvalue weighted by Gasteiger charge is -2.28. The Kier molecular flexibility index (Phi) is 5.14. The molecule has 1 aromatic carbocycles. The summed E-state index contributed by atoms with van der Waals surface area (Å²) in [5, 5.41) is 3.59. The van der Waals surface area contributed by atoms with Crippen LogP contribution in [0.15, 0.2) is 24.3 Å². The summed E-state index contributed by atoms with van der Waals surface area (Å²) in [6.07, 6.45) is 3.60. The van der Waals surface area contributed by atoms with Crippen molar-refractivity contribution in [1.82, 2.24) is 10.2 Å². The maximum Gasteiger partial charge on any atom is 0.123 e. The standard InChI is InChI=1S/C15H23FN2/c1-2-15-8-11-18(10-3-9-17-15)12-13-4-6-14(16)7-5-13/h4-7,15,17H,2-3,8-12H2,1H3. The second-order valence-corrected chi connectivity index (χ2v) is 5.10. The van der Waals surface area contributed by atoms with Gasteiger partial charge in [-0.2, -0.15) is 0 Å². The molecule has 0 radical (unpaired) electrons. The SMILES string of the molecule is CCC1CCN(Cc2ccc(F)cc2)CCCN1. The Morgan fingerprint density at radius 1 is 1.28 bits per heavy atom. The predicted molar refractivity (Wildman–Crippen MR) is 73.0 cm³/mol. The van der Waals surface area contributed by atoms with Gasteiger partial charge in [-0.05, 0) is 56.6 Å². The molecule has 1 atom stereocenters. The third-order valence-corrected chi connectivity index (χ3v) is 3.69. The van der Waals surface area contributed by atoms with Crippen LogP contribution in [0.25, 0.3) is 0 Å². The van der Waals surface area contributed by atoms with Gasteiger partial charge in [-0.25, -0.2) is 4.39 Å². The molecule has 0 amide bonds. The van der Waals surface area contributed by atoms with Gasteiger partial charge in [0.1, 0.15) is 5.82 Å². The normalized spacial score (nSPS) is 22.4. The van der Waals surface area contributed by atoms with E-state index in [1.54, 1.807) is 12.1 Å². The first kappa shape index (κ1) is 13.5. The topological polar surface area (TPSA) is 15.3 Å². The van der Waals surface area contributed by atoms with Crippen molar-refractivity contribution in [2.24, 2.45) is 0 Å². The van der Waals surface area contributed by atoms with E-state index in [2.05, 4.69) is 17.1 Å². The summed E-state index contributed by atoms with van der Waals surface area (Å²) in [7, 11) is 0. The van der Waals surface area contributed by atoms with E-state index in [0.717, 1.165) is 26.2 Å². The van der Waals surface area contributed by atoms with Crippen molar-refractivity contribution in [3.63, 3.8) is 0 Å². The van der Waals surface area contributed by atoms with Crippen LogP contribution >= 0.6 is 0 Å². The minimum Gasteiger partial charge on any atom is -0.314 e. The monoisotopic (exact) mass is 250 g/mol. The molecule has 3 heteroatoms. The Morgan fingerprint density at radius 3 is 2.78 bits per heavy atom. The van der Waals surface area contributed by atoms with Gasteiger partial charge in [0.05, 0.1) is 0 Å². The lowest BCUT2D eigenvalue weighted by Crippen LogP contribution is -2.39. The molecule has 0 aliphatic carbocycles. The number of nitrogens with zero attached hydrogens (tertiary/aromatic N) is 1. The first-order chi connectivity index (χ1) is 8.78. The highest BCUT2D eigenvalue weighted by molar-refractivity contribution is 5.15. The molecular weight excluding hydrogens is 227 g/mol. The minimum absolute atomic E-state index is 0.151. The molecule has 1 unspecified atom stereocenters. The molecule has 100 valence electrons. The molecule has 1 aliphatic heterocycles. The molecule has 0 bridgehead atoms. The van der Waals surface area contributed by atoms with Gasteiger partial charge in [0, 0.05) is 12.6 Å². The lowest BCUT2D eigenvalue weighted by atomic mass is 10.1. The van der Waals surface area contributed by atoms with Gasteiger partial charge in [-0.3, -0.25) is 4.90 Å². The molecule has 0 aromatic heterocycles. The Balaban J connectivity index is 1.89. The Morgan fingerprint density at radius 2 is 2.06 bits per heavy atom. The fourth-order valence-electron chi connectivity index (χ4n) is 2.52. The number of rotatable bonds is 3. The predicted octanol–water partition coefficient (Wildman–Crippen LogP) is 2.79. The van der Waals surface area contributed by atoms with Crippen LogP contribution in [0.3, 0.4) is 0 Å². The van der Waals surface area contributed by atoms with E-state index in [-0.39, 0.29) is 5.82 Å². The zero-order chi connectivity index (χ0) is 12.8. The molecule has 0 spiro atoms. The van der Waals surface area contributed by atoms with Gasteiger partial charge < -0.3 is 5.32 Å². The van der Waals surface area contributed by atoms with Crippen molar-refractivity contribution in [3.05, 3.63) is 35.6 Å². The van der Waals surface area contributed by atoms with Crippen LogP contribution in [-0.4, -0.2) is 30.6 Å². The van der Waals surface area contributed by atoms with Crippen molar-refractivity contribution in [2.45, 2.75) is 38.8 Å². The average Bonchev–Trinajstić information content (AvgIpc) is 2.36. The second-order valence-electron chi connectivity index (χ2n) is 5.10. The molecule has 1 aromatic rings. The third kappa shape index (κ3) is 4.07. The van der Waals surface area contributed by atoms with Gasteiger partial charge in [0.15, 0.2) is 0 Å². The molecule has 0 saturated carbocycles. The largest absolute Gasteiger partial charge is 0.314 e. The van der Waals surface area contributed by atoms with Crippen LogP contribution in [0.1, 0.15) is 31.7 Å². The lowest BCUT2D eigenvalue weighted by molar-refractivity contribution is 0.224. The first-order valence-corrected chi connectivity index (χ1v) is 6.98. The molecule has 2 nitrogen and oxygen atoms in total. The maximum absolute atomic E-state index is 12.9. The maximum atomic E-state index is 12.9. The van der Waals surface area contributed by atoms with Crippen molar-refractivity contribution in [2.75, 3.05) is 19.6 Å². The highest BCUT2D eigenvalue weighted by Gasteiger charge is 2.13. The molecule has 1 saturated heterocycles. The Bertz CT molecular complexity index is 350. The summed E-state index contributed by atoms with van der Waals surface area (Å²) in [6.45, 7) is 6.54. The number of hydrogen-bond acceptors (Lipinski definition) is 2. The van der Waals surface area contributed by atoms with E-state index in [4.69, 9.17) is 0 Å². The summed E-state index contributed by atoms with van der Waals surface area (Å²) >= 11 is 0. The fourth-order valence-corrected chi connectivity index (χ4v) is 2.52. The van der Waals surface area contributed by atoms with E-state index < -0.39 is 0 Å². The van der Waals surface area contributed by atoms with Crippen LogP contribution in [0.5, 0.6) is 0 Å². The van der Waals surface area contributed by atoms with Crippen LogP contribution in [0.4, 0.5) is 4.39 Å².